The number of hydrogen-bond donors (Lipinski definition) is 4. The summed E-state index contributed by atoms with van der Waals surface area (Å²) in [6.07, 6.45) is 6.66. The van der Waals surface area contributed by atoms with Crippen LogP contribution < -0.4 is 31.7 Å². The van der Waals surface area contributed by atoms with Gasteiger partial charge in [-0.2, -0.15) is 0 Å². The number of phenols is 1. The van der Waals surface area contributed by atoms with Crippen LogP contribution in [-0.2, 0) is 0 Å². The van der Waals surface area contributed by atoms with Gasteiger partial charge in [0.1, 0.15) is 29.6 Å². The van der Waals surface area contributed by atoms with Crippen molar-refractivity contribution < 1.29 is 18.8 Å². The van der Waals surface area contributed by atoms with Crippen LogP contribution in [0.25, 0.3) is 5.70 Å². The number of nitrogens with two attached hydrogens (primary N) is 3. The van der Waals surface area contributed by atoms with Crippen LogP contribution >= 0.6 is 0 Å². The van der Waals surface area contributed by atoms with E-state index in [-0.39, 0.29) is 23.7 Å². The number of piperazine rings is 1. The predicted molar refractivity (Wildman–Crippen MR) is 206 cm³/mol. The number of rotatable bonds is 11. The lowest BCUT2D eigenvalue weighted by Crippen LogP contribution is -2.54. The lowest BCUT2D eigenvalue weighted by Gasteiger charge is -2.44. The first-order valence-corrected chi connectivity index (χ1v) is 19.3. The Labute approximate surface area is 312 Å². The van der Waals surface area contributed by atoms with E-state index in [9.17, 15) is 5.11 Å². The van der Waals surface area contributed by atoms with Gasteiger partial charge >= 0.3 is 0 Å². The van der Waals surface area contributed by atoms with Crippen molar-refractivity contribution >= 4 is 17.2 Å². The van der Waals surface area contributed by atoms with Crippen molar-refractivity contribution in [3.05, 3.63) is 77.6 Å². The number of phenolic OH excluding ortho intramolecular Hbond substituents is 1. The zero-order valence-electron chi connectivity index (χ0n) is 31.3. The number of hydrogen-bond acceptors (Lipinski definition) is 12. The molecular weight excluding hydrogens is 673 g/mol. The van der Waals surface area contributed by atoms with E-state index in [1.807, 2.05) is 18.2 Å². The number of anilines is 2. The highest BCUT2D eigenvalue weighted by molar-refractivity contribution is 5.70. The summed E-state index contributed by atoms with van der Waals surface area (Å²) in [5.74, 6) is 4.00. The zero-order chi connectivity index (χ0) is 37.2. The molecule has 53 heavy (non-hydrogen) atoms. The van der Waals surface area contributed by atoms with Gasteiger partial charge in [0.2, 0.25) is 5.88 Å². The van der Waals surface area contributed by atoms with Crippen LogP contribution in [-0.4, -0.2) is 95.2 Å². The average molecular weight is 730 g/mol. The topological polar surface area (TPSA) is 159 Å². The second kappa shape index (κ2) is 15.8. The molecule has 0 aliphatic carbocycles. The van der Waals surface area contributed by atoms with Crippen molar-refractivity contribution in [1.29, 1.82) is 0 Å². The van der Waals surface area contributed by atoms with Crippen molar-refractivity contribution in [2.24, 2.45) is 29.0 Å². The third-order valence-corrected chi connectivity index (χ3v) is 11.9. The molecule has 4 saturated heterocycles. The Morgan fingerprint density at radius 2 is 1.72 bits per heavy atom. The Bertz CT molecular complexity index is 1750. The van der Waals surface area contributed by atoms with Gasteiger partial charge in [0.05, 0.1) is 5.70 Å². The number of aromatic nitrogens is 2. The number of ether oxygens (including phenoxy) is 1. The number of benzene rings is 1. The van der Waals surface area contributed by atoms with Crippen molar-refractivity contribution in [3.8, 4) is 11.6 Å². The van der Waals surface area contributed by atoms with Crippen molar-refractivity contribution in [2.75, 3.05) is 55.6 Å². The number of halogens is 1. The van der Waals surface area contributed by atoms with Crippen molar-refractivity contribution in [1.82, 2.24) is 19.9 Å². The fourth-order valence-corrected chi connectivity index (χ4v) is 8.53. The zero-order valence-corrected chi connectivity index (χ0v) is 31.3. The van der Waals surface area contributed by atoms with Crippen LogP contribution in [0, 0.1) is 11.8 Å². The Hall–Kier alpha value is -4.65. The molecule has 5 unspecified atom stereocenters. The van der Waals surface area contributed by atoms with E-state index in [1.165, 1.54) is 0 Å². The number of piperidine rings is 2. The first-order valence-electron chi connectivity index (χ1n) is 19.3. The van der Waals surface area contributed by atoms with Crippen LogP contribution in [0.4, 0.5) is 15.9 Å². The number of allylic oxidation sites excluding steroid dienone is 1. The van der Waals surface area contributed by atoms with E-state index in [4.69, 9.17) is 26.5 Å². The number of para-hydroxylation sites is 1. The maximum absolute atomic E-state index is 15.7. The fraction of sp³-hybridized carbons (Fsp3) is 0.550. The average Bonchev–Trinajstić information content (AvgIpc) is 3.74. The van der Waals surface area contributed by atoms with E-state index in [1.54, 1.807) is 30.5 Å². The summed E-state index contributed by atoms with van der Waals surface area (Å²) in [6, 6.07) is 13.4. The van der Waals surface area contributed by atoms with E-state index in [0.717, 1.165) is 69.1 Å². The van der Waals surface area contributed by atoms with Gasteiger partial charge < -0.3 is 46.3 Å². The molecule has 6 heterocycles. The molecule has 0 amide bonds. The summed E-state index contributed by atoms with van der Waals surface area (Å²) in [5.41, 5.74) is 21.4. The molecule has 3 aromatic rings. The first kappa shape index (κ1) is 36.7. The monoisotopic (exact) mass is 729 g/mol. The van der Waals surface area contributed by atoms with Crippen LogP contribution in [0.15, 0.2) is 70.8 Å². The highest BCUT2D eigenvalue weighted by Gasteiger charge is 2.41. The van der Waals surface area contributed by atoms with Gasteiger partial charge in [-0.05, 0) is 68.2 Å². The third kappa shape index (κ3) is 8.14. The second-order valence-electron chi connectivity index (χ2n) is 15.8. The van der Waals surface area contributed by atoms with Crippen molar-refractivity contribution in [3.63, 3.8) is 0 Å². The van der Waals surface area contributed by atoms with Crippen LogP contribution in [0.3, 0.4) is 0 Å². The minimum absolute atomic E-state index is 0.100. The van der Waals surface area contributed by atoms with Gasteiger partial charge in [0, 0.05) is 99.1 Å². The number of nitrogens with zero attached hydrogens (tertiary/aromatic N) is 6. The van der Waals surface area contributed by atoms with Crippen LogP contribution in [0.1, 0.15) is 70.1 Å². The molecule has 0 spiro atoms. The molecule has 4 fully saturated rings. The summed E-state index contributed by atoms with van der Waals surface area (Å²) >= 11 is 0. The second-order valence-corrected chi connectivity index (χ2v) is 15.8. The Balaban J connectivity index is 0.910. The van der Waals surface area contributed by atoms with Crippen LogP contribution in [0.2, 0.25) is 0 Å². The normalized spacial score (nSPS) is 24.8. The molecule has 13 heteroatoms. The number of alkyl halides is 1. The van der Waals surface area contributed by atoms with Gasteiger partial charge in [0.25, 0.3) is 0 Å². The Kier molecular flexibility index (Phi) is 10.9. The molecule has 2 bridgehead atoms. The minimum atomic E-state index is -1.09. The highest BCUT2D eigenvalue weighted by atomic mass is 19.1. The summed E-state index contributed by atoms with van der Waals surface area (Å²) in [5, 5.41) is 14.7. The Morgan fingerprint density at radius 1 is 0.981 bits per heavy atom. The van der Waals surface area contributed by atoms with Crippen molar-refractivity contribution in [2.45, 2.75) is 83.2 Å². The molecule has 2 aromatic heterocycles. The quantitative estimate of drug-likeness (QED) is 0.197. The number of fused-ring (bicyclic) bond motifs is 2. The minimum Gasteiger partial charge on any atom is -0.507 e. The molecule has 4 aliphatic rings. The largest absolute Gasteiger partial charge is 0.507 e. The lowest BCUT2D eigenvalue weighted by atomic mass is 9.94. The van der Waals surface area contributed by atoms with Gasteiger partial charge in [-0.3, -0.25) is 4.90 Å². The van der Waals surface area contributed by atoms with Gasteiger partial charge in [0.15, 0.2) is 5.82 Å². The first-order chi connectivity index (χ1) is 25.5. The predicted octanol–water partition coefficient (Wildman–Crippen LogP) is 4.98. The molecular formula is C40H56FN9O3. The molecule has 7 N–H and O–H groups in total. The van der Waals surface area contributed by atoms with Gasteiger partial charge in [-0.25, -0.2) is 9.37 Å². The molecule has 0 saturated carbocycles. The van der Waals surface area contributed by atoms with E-state index < -0.39 is 12.3 Å². The highest BCUT2D eigenvalue weighted by Crippen LogP contribution is 2.38. The fourth-order valence-electron chi connectivity index (χ4n) is 8.53. The molecule has 1 aromatic carbocycles. The molecule has 12 nitrogen and oxygen atoms in total. The van der Waals surface area contributed by atoms with Gasteiger partial charge in [-0.15, -0.1) is 0 Å². The summed E-state index contributed by atoms with van der Waals surface area (Å²) in [6.45, 7) is 12.0. The number of pyridine rings is 1. The van der Waals surface area contributed by atoms with Crippen LogP contribution in [0.5, 0.6) is 11.6 Å². The SMILES string of the molecule is CC(C)C(C)c1cc(N2CCC(CN3CCC(Oc4cc(N5C6CCC5CN(C(/C=C(\N)c5ccccc5O)=C(N)N)C6)ccn4)C(F)C3)CC2)no1. The molecule has 286 valence electrons. The van der Waals surface area contributed by atoms with E-state index in [0.29, 0.717) is 66.6 Å². The maximum Gasteiger partial charge on any atom is 0.215 e. The lowest BCUT2D eigenvalue weighted by molar-refractivity contribution is 0.0131. The van der Waals surface area contributed by atoms with Gasteiger partial charge in [-0.1, -0.05) is 38.1 Å². The van der Waals surface area contributed by atoms with E-state index >= 15 is 4.39 Å². The molecule has 4 aliphatic heterocycles. The smallest absolute Gasteiger partial charge is 0.215 e. The summed E-state index contributed by atoms with van der Waals surface area (Å²) < 4.78 is 27.6. The molecule has 7 rings (SSSR count). The third-order valence-electron chi connectivity index (χ3n) is 11.9. The Morgan fingerprint density at radius 3 is 2.40 bits per heavy atom. The number of likely N-dealkylation sites (tertiary alicyclic amines) is 2. The summed E-state index contributed by atoms with van der Waals surface area (Å²) in [7, 11) is 0. The molecule has 5 atom stereocenters. The molecule has 0 radical (unpaired) electrons. The summed E-state index contributed by atoms with van der Waals surface area (Å²) in [4.78, 5) is 13.7. The van der Waals surface area contributed by atoms with E-state index in [2.05, 4.69) is 56.6 Å². The standard InChI is InChI=1S/C40H56FN9O3/c1-25(2)26(3)37-20-38(46-53-37)48-16-11-27(12-17-48)21-47-15-13-36(32(41)24-47)52-39-18-28(10-14-45-39)50-29-8-9-30(50)23-49(22-29)34(40(43)44)19-33(42)31-6-4-5-7-35(31)51/h4-7,10,14,18-20,25-27,29-30,32,36,51H,8-9,11-13,15-17,21-24,42-44H2,1-3H3/b33-19-. The number of aromatic hydroxyl groups is 1. The maximum atomic E-state index is 15.7.